The lowest BCUT2D eigenvalue weighted by molar-refractivity contribution is -0.140. The minimum Gasteiger partial charge on any atom is -0.355 e. The van der Waals surface area contributed by atoms with Gasteiger partial charge in [0.1, 0.15) is 0 Å². The maximum absolute atomic E-state index is 12.5. The maximum atomic E-state index is 12.5. The van der Waals surface area contributed by atoms with Crippen molar-refractivity contribution in [2.75, 3.05) is 26.7 Å². The molecular weight excluding hydrogens is 407 g/mol. The molecule has 1 saturated carbocycles. The average molecular weight is 430 g/mol. The Bertz CT molecular complexity index is 530. The first-order valence-corrected chi connectivity index (χ1v) is 7.76. The highest BCUT2D eigenvalue weighted by atomic mass is 127. The molecule has 2 amide bonds. The average Bonchev–Trinajstić information content (AvgIpc) is 3.19. The number of hydrogen-bond acceptors (Lipinski definition) is 3. The van der Waals surface area contributed by atoms with Crippen LogP contribution in [0.2, 0.25) is 0 Å². The summed E-state index contributed by atoms with van der Waals surface area (Å²) in [5, 5.41) is 6.16. The van der Waals surface area contributed by atoms with E-state index in [1.165, 1.54) is 4.90 Å². The minimum absolute atomic E-state index is 0. The lowest BCUT2D eigenvalue weighted by atomic mass is 9.85. The van der Waals surface area contributed by atoms with Crippen LogP contribution in [-0.4, -0.2) is 49.4 Å². The zero-order chi connectivity index (χ0) is 15.7. The number of amides is 2. The summed E-state index contributed by atoms with van der Waals surface area (Å²) >= 11 is 0. The molecular formula is C16H23IN4O2. The molecule has 3 aliphatic rings. The fourth-order valence-corrected chi connectivity index (χ4v) is 3.86. The number of allylic oxidation sites excluding steroid dienone is 2. The van der Waals surface area contributed by atoms with Gasteiger partial charge in [0.15, 0.2) is 5.96 Å². The van der Waals surface area contributed by atoms with Crippen LogP contribution in [-0.2, 0) is 9.59 Å². The molecule has 3 rings (SSSR count). The lowest BCUT2D eigenvalue weighted by Gasteiger charge is -2.18. The van der Waals surface area contributed by atoms with Gasteiger partial charge < -0.3 is 10.6 Å². The molecule has 0 aromatic carbocycles. The third-order valence-corrected chi connectivity index (χ3v) is 4.83. The van der Waals surface area contributed by atoms with E-state index in [4.69, 9.17) is 0 Å². The van der Waals surface area contributed by atoms with Crippen molar-refractivity contribution < 1.29 is 9.59 Å². The molecule has 0 aromatic rings. The Morgan fingerprint density at radius 3 is 2.43 bits per heavy atom. The van der Waals surface area contributed by atoms with Crippen molar-refractivity contribution in [1.29, 1.82) is 0 Å². The van der Waals surface area contributed by atoms with E-state index < -0.39 is 0 Å². The number of halogens is 1. The molecule has 1 saturated heterocycles. The standard InChI is InChI=1S/C16H22N4O2.HI/c1-3-6-18-16(17-2)19-7-8-20-14(21)12-10-4-5-11(9-10)13(12)15(20)22;/h3-5,10-13H,1,6-9H2,2H3,(H2,17,18,19);1H. The van der Waals surface area contributed by atoms with Gasteiger partial charge in [-0.2, -0.15) is 0 Å². The summed E-state index contributed by atoms with van der Waals surface area (Å²) in [5.74, 6) is 0.963. The van der Waals surface area contributed by atoms with Crippen LogP contribution in [0.15, 0.2) is 29.8 Å². The summed E-state index contributed by atoms with van der Waals surface area (Å²) in [5.41, 5.74) is 0. The van der Waals surface area contributed by atoms with Crippen LogP contribution in [0, 0.1) is 23.7 Å². The topological polar surface area (TPSA) is 73.8 Å². The van der Waals surface area contributed by atoms with E-state index in [-0.39, 0.29) is 59.5 Å². The van der Waals surface area contributed by atoms with E-state index in [1.807, 2.05) is 0 Å². The maximum Gasteiger partial charge on any atom is 0.233 e. The third kappa shape index (κ3) is 3.15. The van der Waals surface area contributed by atoms with E-state index in [1.54, 1.807) is 13.1 Å². The first-order valence-electron chi connectivity index (χ1n) is 7.76. The summed E-state index contributed by atoms with van der Waals surface area (Å²) < 4.78 is 0. The Morgan fingerprint density at radius 1 is 1.30 bits per heavy atom. The number of nitrogens with one attached hydrogen (secondary N) is 2. The van der Waals surface area contributed by atoms with E-state index in [0.29, 0.717) is 25.6 Å². The number of aliphatic imine (C=N–C) groups is 1. The Hall–Kier alpha value is -1.38. The number of nitrogens with zero attached hydrogens (tertiary/aromatic N) is 2. The number of fused-ring (bicyclic) bond motifs is 5. The number of rotatable bonds is 5. The molecule has 2 bridgehead atoms. The number of carbonyl (C=O) groups is 2. The van der Waals surface area contributed by atoms with E-state index in [0.717, 1.165) is 6.42 Å². The third-order valence-electron chi connectivity index (χ3n) is 4.83. The first kappa shape index (κ1) is 18.0. The van der Waals surface area contributed by atoms with Crippen molar-refractivity contribution in [2.24, 2.45) is 28.7 Å². The summed E-state index contributed by atoms with van der Waals surface area (Å²) in [4.78, 5) is 30.5. The van der Waals surface area contributed by atoms with Gasteiger partial charge in [-0.25, -0.2) is 0 Å². The van der Waals surface area contributed by atoms with Crippen molar-refractivity contribution >= 4 is 41.8 Å². The predicted molar refractivity (Wildman–Crippen MR) is 99.4 cm³/mol. The molecule has 0 aromatic heterocycles. The predicted octanol–water partition coefficient (Wildman–Crippen LogP) is 0.762. The van der Waals surface area contributed by atoms with E-state index in [9.17, 15) is 9.59 Å². The second-order valence-corrected chi connectivity index (χ2v) is 6.00. The van der Waals surface area contributed by atoms with Crippen molar-refractivity contribution in [2.45, 2.75) is 6.42 Å². The second kappa shape index (κ2) is 7.46. The van der Waals surface area contributed by atoms with Crippen molar-refractivity contribution in [3.05, 3.63) is 24.8 Å². The first-order chi connectivity index (χ1) is 10.7. The van der Waals surface area contributed by atoms with Gasteiger partial charge in [0.05, 0.1) is 11.8 Å². The molecule has 1 heterocycles. The Balaban J connectivity index is 0.00000192. The molecule has 6 nitrogen and oxygen atoms in total. The summed E-state index contributed by atoms with van der Waals surface area (Å²) in [6, 6.07) is 0. The van der Waals surface area contributed by atoms with Gasteiger partial charge in [0, 0.05) is 26.7 Å². The van der Waals surface area contributed by atoms with Crippen LogP contribution in [0.1, 0.15) is 6.42 Å². The second-order valence-electron chi connectivity index (χ2n) is 6.00. The highest BCUT2D eigenvalue weighted by molar-refractivity contribution is 14.0. The molecule has 2 aliphatic carbocycles. The van der Waals surface area contributed by atoms with Crippen LogP contribution in [0.4, 0.5) is 0 Å². The van der Waals surface area contributed by atoms with Crippen molar-refractivity contribution in [3.63, 3.8) is 0 Å². The fraction of sp³-hybridized carbons (Fsp3) is 0.562. The Kier molecular flexibility index (Phi) is 5.83. The summed E-state index contributed by atoms with van der Waals surface area (Å²) in [6.45, 7) is 5.13. The van der Waals surface area contributed by atoms with Crippen LogP contribution in [0.5, 0.6) is 0 Å². The van der Waals surface area contributed by atoms with Gasteiger partial charge >= 0.3 is 0 Å². The quantitative estimate of drug-likeness (QED) is 0.222. The van der Waals surface area contributed by atoms with Crippen LogP contribution in [0.25, 0.3) is 0 Å². The van der Waals surface area contributed by atoms with Gasteiger partial charge in [0.2, 0.25) is 11.8 Å². The highest BCUT2D eigenvalue weighted by Crippen LogP contribution is 2.52. The molecule has 4 unspecified atom stereocenters. The number of likely N-dealkylation sites (tertiary alicyclic amines) is 1. The van der Waals surface area contributed by atoms with Gasteiger partial charge in [-0.15, -0.1) is 30.6 Å². The van der Waals surface area contributed by atoms with Crippen molar-refractivity contribution in [3.8, 4) is 0 Å². The molecule has 7 heteroatoms. The number of guanidine groups is 1. The Morgan fingerprint density at radius 2 is 1.91 bits per heavy atom. The molecule has 126 valence electrons. The molecule has 0 spiro atoms. The molecule has 2 fully saturated rings. The molecule has 23 heavy (non-hydrogen) atoms. The Labute approximate surface area is 153 Å². The van der Waals surface area contributed by atoms with Gasteiger partial charge in [0.25, 0.3) is 0 Å². The zero-order valence-corrected chi connectivity index (χ0v) is 15.5. The van der Waals surface area contributed by atoms with Crippen LogP contribution >= 0.6 is 24.0 Å². The lowest BCUT2D eigenvalue weighted by Crippen LogP contribution is -2.43. The largest absolute Gasteiger partial charge is 0.355 e. The normalized spacial score (nSPS) is 31.2. The summed E-state index contributed by atoms with van der Waals surface area (Å²) in [6.07, 6.45) is 6.93. The van der Waals surface area contributed by atoms with Crippen molar-refractivity contribution in [1.82, 2.24) is 15.5 Å². The number of carbonyl (C=O) groups excluding carboxylic acids is 2. The monoisotopic (exact) mass is 430 g/mol. The summed E-state index contributed by atoms with van der Waals surface area (Å²) in [7, 11) is 1.68. The van der Waals surface area contributed by atoms with Gasteiger partial charge in [-0.3, -0.25) is 19.5 Å². The van der Waals surface area contributed by atoms with Crippen LogP contribution < -0.4 is 10.6 Å². The minimum atomic E-state index is -0.110. The molecule has 1 aliphatic heterocycles. The highest BCUT2D eigenvalue weighted by Gasteiger charge is 2.58. The van der Waals surface area contributed by atoms with E-state index in [2.05, 4.69) is 34.4 Å². The fourth-order valence-electron chi connectivity index (χ4n) is 3.86. The molecule has 0 radical (unpaired) electrons. The van der Waals surface area contributed by atoms with E-state index >= 15 is 0 Å². The smallest absolute Gasteiger partial charge is 0.233 e. The number of imide groups is 1. The van der Waals surface area contributed by atoms with Gasteiger partial charge in [-0.05, 0) is 18.3 Å². The zero-order valence-electron chi connectivity index (χ0n) is 13.2. The molecule has 2 N–H and O–H groups in total. The van der Waals surface area contributed by atoms with Crippen LogP contribution in [0.3, 0.4) is 0 Å². The molecule has 4 atom stereocenters. The van der Waals surface area contributed by atoms with Gasteiger partial charge in [-0.1, -0.05) is 18.2 Å². The SMILES string of the molecule is C=CCNC(=NC)NCCN1C(=O)C2C3C=CC(C3)C2C1=O.I. The number of hydrogen-bond donors (Lipinski definition) is 2.